The third-order valence-corrected chi connectivity index (χ3v) is 9.73. The minimum atomic E-state index is -1.11. The van der Waals surface area contributed by atoms with Gasteiger partial charge in [-0.05, 0) is 30.5 Å². The van der Waals surface area contributed by atoms with Gasteiger partial charge in [0.15, 0.2) is 18.4 Å². The molecule has 0 N–H and O–H groups in total. The lowest BCUT2D eigenvalue weighted by molar-refractivity contribution is -0.421. The average molecular weight is 721 g/mol. The molecule has 3 heterocycles. The van der Waals surface area contributed by atoms with Gasteiger partial charge in [-0.25, -0.2) is 0 Å². The van der Waals surface area contributed by atoms with E-state index in [2.05, 4.69) is 6.58 Å². The Balaban J connectivity index is 1.34. The third-order valence-electron chi connectivity index (χ3n) is 9.73. The van der Waals surface area contributed by atoms with Crippen molar-refractivity contribution in [3.63, 3.8) is 0 Å². The van der Waals surface area contributed by atoms with Crippen LogP contribution in [0.3, 0.4) is 0 Å². The number of benzene rings is 3. The summed E-state index contributed by atoms with van der Waals surface area (Å²) < 4.78 is 70.8. The summed E-state index contributed by atoms with van der Waals surface area (Å²) in [5, 5.41) is 0. The molecule has 10 atom stereocenters. The molecule has 3 saturated heterocycles. The fourth-order valence-corrected chi connectivity index (χ4v) is 6.98. The van der Waals surface area contributed by atoms with Crippen LogP contribution in [0.2, 0.25) is 0 Å². The van der Waals surface area contributed by atoms with Gasteiger partial charge in [0.25, 0.3) is 0 Å². The molecule has 0 spiro atoms. The van der Waals surface area contributed by atoms with Crippen molar-refractivity contribution in [1.29, 1.82) is 0 Å². The third kappa shape index (κ3) is 9.00. The van der Waals surface area contributed by atoms with Gasteiger partial charge in [-0.2, -0.15) is 0 Å². The average Bonchev–Trinajstić information content (AvgIpc) is 3.17. The molecule has 0 radical (unpaired) electrons. The van der Waals surface area contributed by atoms with Crippen molar-refractivity contribution in [1.82, 2.24) is 0 Å². The van der Waals surface area contributed by atoms with Crippen molar-refractivity contribution in [2.75, 3.05) is 34.5 Å². The van der Waals surface area contributed by atoms with Crippen LogP contribution in [0.4, 0.5) is 0 Å². The van der Waals surface area contributed by atoms with Crippen LogP contribution in [-0.2, 0) is 71.9 Å². The maximum atomic E-state index is 7.04. The molecule has 0 bridgehead atoms. The van der Waals surface area contributed by atoms with Crippen LogP contribution in [0.25, 0.3) is 0 Å². The predicted octanol–water partition coefficient (Wildman–Crippen LogP) is 5.59. The molecule has 11 heteroatoms. The van der Waals surface area contributed by atoms with Crippen LogP contribution >= 0.6 is 0 Å². The monoisotopic (exact) mass is 720 g/mol. The van der Waals surface area contributed by atoms with Crippen LogP contribution in [0.15, 0.2) is 104 Å². The Kier molecular flexibility index (Phi) is 13.3. The lowest BCUT2D eigenvalue weighted by Gasteiger charge is -2.56. The van der Waals surface area contributed by atoms with Crippen molar-refractivity contribution in [2.45, 2.75) is 100 Å². The van der Waals surface area contributed by atoms with Crippen molar-refractivity contribution in [3.05, 3.63) is 120 Å². The Hall–Kier alpha value is -3.04. The van der Waals surface area contributed by atoms with E-state index in [9.17, 15) is 0 Å². The van der Waals surface area contributed by atoms with E-state index in [1.54, 1.807) is 27.4 Å². The van der Waals surface area contributed by atoms with Gasteiger partial charge in [-0.3, -0.25) is 0 Å². The molecule has 11 nitrogen and oxygen atoms in total. The zero-order valence-corrected chi connectivity index (χ0v) is 30.7. The number of methoxy groups -OCH3 is 3. The highest BCUT2D eigenvalue weighted by Gasteiger charge is 2.61. The molecule has 3 aromatic rings. The number of hydrogen-bond acceptors (Lipinski definition) is 11. The molecule has 0 amide bonds. The lowest BCUT2D eigenvalue weighted by atomic mass is 9.85. The lowest BCUT2D eigenvalue weighted by Crippen LogP contribution is -2.72. The molecule has 0 aromatic heterocycles. The second-order valence-electron chi connectivity index (χ2n) is 13.7. The Bertz CT molecular complexity index is 1510. The summed E-state index contributed by atoms with van der Waals surface area (Å²) in [6.07, 6.45) is -4.95. The van der Waals surface area contributed by atoms with E-state index in [0.717, 1.165) is 16.7 Å². The summed E-state index contributed by atoms with van der Waals surface area (Å²) in [7, 11) is 4.80. The van der Waals surface area contributed by atoms with Crippen molar-refractivity contribution in [3.8, 4) is 0 Å². The normalized spacial score (nSPS) is 32.9. The van der Waals surface area contributed by atoms with Gasteiger partial charge >= 0.3 is 0 Å². The molecule has 0 unspecified atom stereocenters. The second-order valence-corrected chi connectivity index (χ2v) is 13.7. The molecule has 282 valence electrons. The van der Waals surface area contributed by atoms with E-state index in [0.29, 0.717) is 13.2 Å². The summed E-state index contributed by atoms with van der Waals surface area (Å²) in [5.74, 6) is -0.878. The number of ether oxygens (including phenoxy) is 11. The fourth-order valence-electron chi connectivity index (χ4n) is 6.98. The highest BCUT2D eigenvalue weighted by Crippen LogP contribution is 2.43. The highest BCUT2D eigenvalue weighted by molar-refractivity contribution is 5.16. The van der Waals surface area contributed by atoms with Crippen LogP contribution in [0, 0.1) is 0 Å². The summed E-state index contributed by atoms with van der Waals surface area (Å²) in [6.45, 7) is 9.08. The number of rotatable bonds is 16. The van der Waals surface area contributed by atoms with Gasteiger partial charge in [0, 0.05) is 21.3 Å². The zero-order valence-electron chi connectivity index (χ0n) is 30.7. The van der Waals surface area contributed by atoms with Gasteiger partial charge in [-0.1, -0.05) is 97.1 Å². The first-order valence-corrected chi connectivity index (χ1v) is 17.7. The summed E-state index contributed by atoms with van der Waals surface area (Å²) in [5.41, 5.74) is 1.89. The van der Waals surface area contributed by atoms with E-state index < -0.39 is 66.7 Å². The second kappa shape index (κ2) is 17.9. The van der Waals surface area contributed by atoms with Crippen molar-refractivity contribution in [2.24, 2.45) is 0 Å². The SMILES string of the molecule is C=C[C@@]12COC(C)(C)O[C@H]1[C@H](OC)[C@@H](OC)[C@H](O[C@H]1[C@H](OCc3ccccc3)[C@@H](OCc3ccccc3)[C@@H](OC)O[C@@H]1COCc1ccccc1)O2. The van der Waals surface area contributed by atoms with Gasteiger partial charge in [-0.15, -0.1) is 6.58 Å². The molecular formula is C41H52O11. The Morgan fingerprint density at radius 2 is 1.21 bits per heavy atom. The molecule has 52 heavy (non-hydrogen) atoms. The van der Waals surface area contributed by atoms with E-state index in [4.69, 9.17) is 52.1 Å². The Morgan fingerprint density at radius 3 is 1.75 bits per heavy atom. The topological polar surface area (TPSA) is 102 Å². The van der Waals surface area contributed by atoms with Crippen LogP contribution < -0.4 is 0 Å². The molecule has 3 fully saturated rings. The van der Waals surface area contributed by atoms with Crippen molar-refractivity contribution >= 4 is 0 Å². The minimum absolute atomic E-state index is 0.156. The van der Waals surface area contributed by atoms with Crippen LogP contribution in [0.1, 0.15) is 30.5 Å². The van der Waals surface area contributed by atoms with Crippen LogP contribution in [-0.4, -0.2) is 101 Å². The summed E-state index contributed by atoms with van der Waals surface area (Å²) in [6, 6.07) is 29.8. The Morgan fingerprint density at radius 1 is 0.654 bits per heavy atom. The molecule has 3 aromatic carbocycles. The quantitative estimate of drug-likeness (QED) is 0.173. The molecule has 0 aliphatic carbocycles. The number of fused-ring (bicyclic) bond motifs is 1. The molecular weight excluding hydrogens is 668 g/mol. The molecule has 0 saturated carbocycles. The van der Waals surface area contributed by atoms with Gasteiger partial charge < -0.3 is 52.1 Å². The van der Waals surface area contributed by atoms with E-state index in [-0.39, 0.29) is 19.8 Å². The maximum absolute atomic E-state index is 7.04. The van der Waals surface area contributed by atoms with Gasteiger partial charge in [0.2, 0.25) is 0 Å². The first-order valence-electron chi connectivity index (χ1n) is 17.7. The standard InChI is InChI=1S/C41H52O11/c1-7-41-27-48-40(2,3)51-37(41)34(42-4)35(43-5)39(52-41)50-32-31(26-45-23-28-17-11-8-12-18-28)49-38(44-6)36(47-25-30-21-15-10-16-22-30)33(32)46-24-29-19-13-9-14-20-29/h7-22,31-39H,1,23-27H2,2-6H3/t31-,32-,33+,34-,35-,36-,37+,38+,39-,41-/m1/s1. The van der Waals surface area contributed by atoms with Crippen LogP contribution in [0.5, 0.6) is 0 Å². The van der Waals surface area contributed by atoms with E-state index in [1.165, 1.54) is 0 Å². The molecule has 3 aliphatic heterocycles. The fraction of sp³-hybridized carbons (Fsp3) is 0.512. The number of hydrogen-bond donors (Lipinski definition) is 0. The van der Waals surface area contributed by atoms with E-state index in [1.807, 2.05) is 105 Å². The van der Waals surface area contributed by atoms with Gasteiger partial charge in [0.05, 0.1) is 33.0 Å². The highest BCUT2D eigenvalue weighted by atomic mass is 16.8. The first-order chi connectivity index (χ1) is 25.3. The largest absolute Gasteiger partial charge is 0.376 e. The summed E-state index contributed by atoms with van der Waals surface area (Å²) >= 11 is 0. The molecule has 3 aliphatic rings. The zero-order chi connectivity index (χ0) is 36.6. The minimum Gasteiger partial charge on any atom is -0.376 e. The van der Waals surface area contributed by atoms with Crippen molar-refractivity contribution < 1.29 is 52.1 Å². The Labute approximate surface area is 306 Å². The molecule has 6 rings (SSSR count). The first kappa shape index (κ1) is 38.7. The van der Waals surface area contributed by atoms with Gasteiger partial charge in [0.1, 0.15) is 48.3 Å². The predicted molar refractivity (Wildman–Crippen MR) is 191 cm³/mol. The smallest absolute Gasteiger partial charge is 0.188 e. The summed E-state index contributed by atoms with van der Waals surface area (Å²) in [4.78, 5) is 0. The maximum Gasteiger partial charge on any atom is 0.188 e. The van der Waals surface area contributed by atoms with E-state index >= 15 is 0 Å².